The summed E-state index contributed by atoms with van der Waals surface area (Å²) in [7, 11) is 0. The summed E-state index contributed by atoms with van der Waals surface area (Å²) in [4.78, 5) is 21.4. The molecule has 1 aromatic rings. The van der Waals surface area contributed by atoms with E-state index < -0.39 is 4.92 Å². The Morgan fingerprint density at radius 1 is 1.53 bits per heavy atom. The van der Waals surface area contributed by atoms with Gasteiger partial charge in [-0.2, -0.15) is 0 Å². The first-order chi connectivity index (χ1) is 7.04. The zero-order chi connectivity index (χ0) is 11.4. The van der Waals surface area contributed by atoms with Gasteiger partial charge in [0.2, 0.25) is 0 Å². The molecule has 0 radical (unpaired) electrons. The topological polar surface area (TPSA) is 60.2 Å². The van der Waals surface area contributed by atoms with Gasteiger partial charge in [0.15, 0.2) is 0 Å². The molecular weight excluding hydrogens is 214 g/mol. The lowest BCUT2D eigenvalue weighted by atomic mass is 10.0. The Morgan fingerprint density at radius 3 is 2.60 bits per heavy atom. The molecule has 0 aromatic carbocycles. The van der Waals surface area contributed by atoms with Gasteiger partial charge in [0.05, 0.1) is 4.92 Å². The number of aldehydes is 1. The number of allylic oxidation sites excluding steroid dienone is 1. The van der Waals surface area contributed by atoms with Crippen LogP contribution in [0.5, 0.6) is 0 Å². The molecule has 0 aliphatic rings. The lowest BCUT2D eigenvalue weighted by Gasteiger charge is -2.01. The van der Waals surface area contributed by atoms with Crippen LogP contribution in [0.15, 0.2) is 17.7 Å². The average molecular weight is 225 g/mol. The van der Waals surface area contributed by atoms with Crippen LogP contribution in [0.1, 0.15) is 18.7 Å². The van der Waals surface area contributed by atoms with Crippen molar-refractivity contribution in [2.75, 3.05) is 0 Å². The van der Waals surface area contributed by atoms with Gasteiger partial charge in [0.1, 0.15) is 6.29 Å². The smallest absolute Gasteiger partial charge is 0.298 e. The van der Waals surface area contributed by atoms with Crippen LogP contribution in [0.25, 0.3) is 6.08 Å². The minimum Gasteiger partial charge on any atom is -0.298 e. The quantitative estimate of drug-likeness (QED) is 0.342. The standard InChI is InChI=1S/C10H11NO3S/c1-7(2)8(6-12)5-9-3-4-10(15-9)11(13)14/h3-7H,1-2H3/b8-5+. The van der Waals surface area contributed by atoms with Crippen molar-refractivity contribution in [1.82, 2.24) is 0 Å². The number of carbonyl (C=O) groups excluding carboxylic acids is 1. The van der Waals surface area contributed by atoms with Crippen LogP contribution in [0.3, 0.4) is 0 Å². The third-order valence-electron chi connectivity index (χ3n) is 1.90. The predicted octanol–water partition coefficient (Wildman–Crippen LogP) is 2.89. The van der Waals surface area contributed by atoms with E-state index in [-0.39, 0.29) is 10.9 Å². The molecule has 1 rings (SSSR count). The molecule has 0 spiro atoms. The largest absolute Gasteiger partial charge is 0.324 e. The monoisotopic (exact) mass is 225 g/mol. The van der Waals surface area contributed by atoms with E-state index in [1.165, 1.54) is 6.07 Å². The second kappa shape index (κ2) is 4.84. The summed E-state index contributed by atoms with van der Waals surface area (Å²) in [5.74, 6) is 0.128. The summed E-state index contributed by atoms with van der Waals surface area (Å²) < 4.78 is 0. The highest BCUT2D eigenvalue weighted by Gasteiger charge is 2.09. The lowest BCUT2D eigenvalue weighted by Crippen LogP contribution is -1.93. The molecule has 0 unspecified atom stereocenters. The number of rotatable bonds is 4. The summed E-state index contributed by atoms with van der Waals surface area (Å²) >= 11 is 1.07. The van der Waals surface area contributed by atoms with Gasteiger partial charge >= 0.3 is 5.00 Å². The highest BCUT2D eigenvalue weighted by Crippen LogP contribution is 2.26. The van der Waals surface area contributed by atoms with Gasteiger partial charge in [-0.1, -0.05) is 25.2 Å². The summed E-state index contributed by atoms with van der Waals surface area (Å²) in [5, 5.41) is 10.5. The van der Waals surface area contributed by atoms with Crippen LogP contribution in [-0.2, 0) is 4.79 Å². The van der Waals surface area contributed by atoms with Crippen molar-refractivity contribution in [3.8, 4) is 0 Å². The Hall–Kier alpha value is -1.49. The fourth-order valence-electron chi connectivity index (χ4n) is 1.02. The first-order valence-corrected chi connectivity index (χ1v) is 5.27. The summed E-state index contributed by atoms with van der Waals surface area (Å²) in [6, 6.07) is 3.09. The van der Waals surface area contributed by atoms with E-state index in [0.29, 0.717) is 5.57 Å². The number of hydrogen-bond acceptors (Lipinski definition) is 4. The number of hydrogen-bond donors (Lipinski definition) is 0. The van der Waals surface area contributed by atoms with Gasteiger partial charge in [-0.25, -0.2) is 0 Å². The van der Waals surface area contributed by atoms with Gasteiger partial charge < -0.3 is 0 Å². The zero-order valence-electron chi connectivity index (χ0n) is 8.47. The summed E-state index contributed by atoms with van der Waals surface area (Å²) in [5.41, 5.74) is 0.645. The van der Waals surface area contributed by atoms with Crippen LogP contribution in [-0.4, -0.2) is 11.2 Å². The fourth-order valence-corrected chi connectivity index (χ4v) is 1.80. The van der Waals surface area contributed by atoms with Crippen LogP contribution < -0.4 is 0 Å². The SMILES string of the molecule is CC(C)/C(C=O)=C/c1ccc([N+](=O)[O-])s1. The normalized spacial score (nSPS) is 11.8. The van der Waals surface area contributed by atoms with E-state index in [0.717, 1.165) is 22.5 Å². The number of thiophene rings is 1. The van der Waals surface area contributed by atoms with Crippen LogP contribution in [0, 0.1) is 16.0 Å². The van der Waals surface area contributed by atoms with Crippen molar-refractivity contribution in [2.24, 2.45) is 5.92 Å². The fraction of sp³-hybridized carbons (Fsp3) is 0.300. The Kier molecular flexibility index (Phi) is 3.74. The van der Waals surface area contributed by atoms with Gasteiger partial charge in [-0.3, -0.25) is 14.9 Å². The molecule has 0 saturated heterocycles. The molecule has 1 aromatic heterocycles. The lowest BCUT2D eigenvalue weighted by molar-refractivity contribution is -0.380. The molecular formula is C10H11NO3S. The maximum absolute atomic E-state index is 10.7. The van der Waals surface area contributed by atoms with Crippen molar-refractivity contribution >= 4 is 28.7 Å². The molecule has 0 atom stereocenters. The highest BCUT2D eigenvalue weighted by molar-refractivity contribution is 7.16. The first kappa shape index (κ1) is 11.6. The highest BCUT2D eigenvalue weighted by atomic mass is 32.1. The van der Waals surface area contributed by atoms with Gasteiger partial charge in [0, 0.05) is 10.9 Å². The second-order valence-electron chi connectivity index (χ2n) is 3.35. The number of nitro groups is 1. The molecule has 0 saturated carbocycles. The van der Waals surface area contributed by atoms with Crippen LogP contribution in [0.4, 0.5) is 5.00 Å². The number of nitrogens with zero attached hydrogens (tertiary/aromatic N) is 1. The molecule has 0 fully saturated rings. The Bertz CT molecular complexity index is 407. The van der Waals surface area contributed by atoms with Gasteiger partial charge in [-0.05, 0) is 23.6 Å². The first-order valence-electron chi connectivity index (χ1n) is 4.45. The van der Waals surface area contributed by atoms with Crippen molar-refractivity contribution in [3.05, 3.63) is 32.7 Å². The third-order valence-corrected chi connectivity index (χ3v) is 2.89. The van der Waals surface area contributed by atoms with E-state index in [1.807, 2.05) is 13.8 Å². The van der Waals surface area contributed by atoms with E-state index in [2.05, 4.69) is 0 Å². The van der Waals surface area contributed by atoms with Crippen molar-refractivity contribution in [3.63, 3.8) is 0 Å². The molecule has 0 N–H and O–H groups in total. The second-order valence-corrected chi connectivity index (χ2v) is 4.44. The maximum Gasteiger partial charge on any atom is 0.324 e. The molecule has 0 aliphatic heterocycles. The van der Waals surface area contributed by atoms with E-state index in [1.54, 1.807) is 12.1 Å². The molecule has 4 nitrogen and oxygen atoms in total. The Labute approximate surface area is 91.4 Å². The maximum atomic E-state index is 10.7. The summed E-state index contributed by atoms with van der Waals surface area (Å²) in [6.45, 7) is 3.81. The minimum atomic E-state index is -0.433. The molecule has 80 valence electrons. The predicted molar refractivity (Wildman–Crippen MR) is 59.9 cm³/mol. The van der Waals surface area contributed by atoms with Crippen molar-refractivity contribution in [2.45, 2.75) is 13.8 Å². The van der Waals surface area contributed by atoms with Crippen molar-refractivity contribution in [1.29, 1.82) is 0 Å². The molecule has 0 amide bonds. The average Bonchev–Trinajstić information content (AvgIpc) is 2.61. The summed E-state index contributed by atoms with van der Waals surface area (Å²) in [6.07, 6.45) is 2.48. The van der Waals surface area contributed by atoms with Crippen molar-refractivity contribution < 1.29 is 9.72 Å². The number of carbonyl (C=O) groups is 1. The molecule has 1 heterocycles. The van der Waals surface area contributed by atoms with Crippen LogP contribution >= 0.6 is 11.3 Å². The van der Waals surface area contributed by atoms with E-state index in [9.17, 15) is 14.9 Å². The third kappa shape index (κ3) is 2.99. The molecule has 15 heavy (non-hydrogen) atoms. The Morgan fingerprint density at radius 2 is 2.20 bits per heavy atom. The zero-order valence-corrected chi connectivity index (χ0v) is 9.28. The van der Waals surface area contributed by atoms with Gasteiger partial charge in [0.25, 0.3) is 0 Å². The van der Waals surface area contributed by atoms with Crippen LogP contribution in [0.2, 0.25) is 0 Å². The van der Waals surface area contributed by atoms with Gasteiger partial charge in [-0.15, -0.1) is 0 Å². The molecule has 0 bridgehead atoms. The van der Waals surface area contributed by atoms with E-state index >= 15 is 0 Å². The van der Waals surface area contributed by atoms with E-state index in [4.69, 9.17) is 0 Å². The molecule has 5 heteroatoms. The minimum absolute atomic E-state index is 0.0928. The Balaban J connectivity index is 2.97. The molecule has 0 aliphatic carbocycles.